The van der Waals surface area contributed by atoms with Crippen LogP contribution in [-0.2, 0) is 11.3 Å². The molecule has 3 rings (SSSR count). The standard InChI is InChI=1S/C24H23BrCl2N2O3/c1-3-31-22-8-16(13-28-20-10-17(26)9-18(27)11-20)21(25)12-23(22)32-14-24(30)29-19-6-4-15(2)5-7-19/h4-12,28H,3,13-14H2,1-2H3,(H,29,30). The predicted octanol–water partition coefficient (Wildman–Crippen LogP) is 7.09. The van der Waals surface area contributed by atoms with Crippen molar-refractivity contribution in [1.29, 1.82) is 0 Å². The first-order chi connectivity index (χ1) is 15.3. The fourth-order valence-electron chi connectivity index (χ4n) is 2.92. The smallest absolute Gasteiger partial charge is 0.262 e. The summed E-state index contributed by atoms with van der Waals surface area (Å²) in [5, 5.41) is 7.22. The van der Waals surface area contributed by atoms with Crippen molar-refractivity contribution in [2.45, 2.75) is 20.4 Å². The molecule has 0 saturated heterocycles. The van der Waals surface area contributed by atoms with Gasteiger partial charge in [0.2, 0.25) is 0 Å². The van der Waals surface area contributed by atoms with Crippen LogP contribution in [0.3, 0.4) is 0 Å². The molecule has 168 valence electrons. The van der Waals surface area contributed by atoms with Crippen molar-refractivity contribution in [3.63, 3.8) is 0 Å². The second-order valence-corrected chi connectivity index (χ2v) is 8.77. The van der Waals surface area contributed by atoms with Gasteiger partial charge in [-0.15, -0.1) is 0 Å². The third-order valence-electron chi connectivity index (χ3n) is 4.45. The summed E-state index contributed by atoms with van der Waals surface area (Å²) in [6.45, 7) is 4.71. The topological polar surface area (TPSA) is 59.6 Å². The molecule has 0 aliphatic carbocycles. The molecule has 0 aliphatic rings. The maximum absolute atomic E-state index is 12.3. The number of rotatable bonds is 9. The van der Waals surface area contributed by atoms with Crippen LogP contribution in [0.25, 0.3) is 0 Å². The molecule has 0 atom stereocenters. The van der Waals surface area contributed by atoms with E-state index >= 15 is 0 Å². The van der Waals surface area contributed by atoms with E-state index in [1.807, 2.05) is 44.2 Å². The van der Waals surface area contributed by atoms with Gasteiger partial charge in [-0.1, -0.05) is 56.8 Å². The average Bonchev–Trinajstić information content (AvgIpc) is 2.74. The Labute approximate surface area is 206 Å². The van der Waals surface area contributed by atoms with E-state index in [0.717, 1.165) is 27.0 Å². The molecule has 0 unspecified atom stereocenters. The predicted molar refractivity (Wildman–Crippen MR) is 134 cm³/mol. The van der Waals surface area contributed by atoms with Gasteiger partial charge >= 0.3 is 0 Å². The number of amides is 1. The van der Waals surface area contributed by atoms with Crippen LogP contribution in [0.1, 0.15) is 18.1 Å². The van der Waals surface area contributed by atoms with Gasteiger partial charge in [-0.2, -0.15) is 0 Å². The van der Waals surface area contributed by atoms with Crippen molar-refractivity contribution in [3.8, 4) is 11.5 Å². The first kappa shape index (κ1) is 24.2. The highest BCUT2D eigenvalue weighted by Crippen LogP contribution is 2.34. The number of aryl methyl sites for hydroxylation is 1. The number of carbonyl (C=O) groups is 1. The number of anilines is 2. The monoisotopic (exact) mass is 536 g/mol. The summed E-state index contributed by atoms with van der Waals surface area (Å²) in [7, 11) is 0. The average molecular weight is 538 g/mol. The zero-order valence-electron chi connectivity index (χ0n) is 17.7. The van der Waals surface area contributed by atoms with E-state index in [-0.39, 0.29) is 12.5 Å². The molecule has 0 saturated carbocycles. The summed E-state index contributed by atoms with van der Waals surface area (Å²) in [5.74, 6) is 0.781. The van der Waals surface area contributed by atoms with E-state index in [0.29, 0.717) is 34.7 Å². The molecule has 3 aromatic rings. The van der Waals surface area contributed by atoms with Crippen LogP contribution in [0.4, 0.5) is 11.4 Å². The van der Waals surface area contributed by atoms with Crippen LogP contribution in [0.15, 0.2) is 59.1 Å². The molecule has 1 amide bonds. The minimum Gasteiger partial charge on any atom is -0.490 e. The first-order valence-corrected chi connectivity index (χ1v) is 11.5. The molecule has 0 spiro atoms. The Morgan fingerprint density at radius 2 is 1.59 bits per heavy atom. The fraction of sp³-hybridized carbons (Fsp3) is 0.208. The fourth-order valence-corrected chi connectivity index (χ4v) is 3.91. The molecule has 0 radical (unpaired) electrons. The van der Waals surface area contributed by atoms with Gasteiger partial charge in [0.05, 0.1) is 6.61 Å². The van der Waals surface area contributed by atoms with Gasteiger partial charge in [0.15, 0.2) is 18.1 Å². The van der Waals surface area contributed by atoms with Crippen LogP contribution in [0.5, 0.6) is 11.5 Å². The zero-order chi connectivity index (χ0) is 23.1. The van der Waals surface area contributed by atoms with Crippen molar-refractivity contribution >= 4 is 56.4 Å². The maximum atomic E-state index is 12.3. The summed E-state index contributed by atoms with van der Waals surface area (Å²) >= 11 is 15.7. The molecule has 8 heteroatoms. The van der Waals surface area contributed by atoms with Gasteiger partial charge in [0.25, 0.3) is 5.91 Å². The number of ether oxygens (including phenoxy) is 2. The molecular weight excluding hydrogens is 515 g/mol. The third kappa shape index (κ3) is 7.05. The first-order valence-electron chi connectivity index (χ1n) is 9.98. The van der Waals surface area contributed by atoms with Gasteiger partial charge in [0, 0.05) is 32.4 Å². The summed E-state index contributed by atoms with van der Waals surface area (Å²) in [4.78, 5) is 12.3. The molecule has 5 nitrogen and oxygen atoms in total. The van der Waals surface area contributed by atoms with Crippen LogP contribution < -0.4 is 20.1 Å². The SMILES string of the molecule is CCOc1cc(CNc2cc(Cl)cc(Cl)c2)c(Br)cc1OCC(=O)Nc1ccc(C)cc1. The minimum atomic E-state index is -0.254. The van der Waals surface area contributed by atoms with Gasteiger partial charge in [0.1, 0.15) is 0 Å². The molecule has 0 fully saturated rings. The highest BCUT2D eigenvalue weighted by atomic mass is 79.9. The molecule has 0 aliphatic heterocycles. The van der Waals surface area contributed by atoms with E-state index in [9.17, 15) is 4.79 Å². The number of halogens is 3. The normalized spacial score (nSPS) is 10.5. The molecule has 32 heavy (non-hydrogen) atoms. The highest BCUT2D eigenvalue weighted by Gasteiger charge is 2.13. The number of benzene rings is 3. The van der Waals surface area contributed by atoms with Crippen molar-refractivity contribution in [3.05, 3.63) is 80.2 Å². The molecule has 0 bridgehead atoms. The van der Waals surface area contributed by atoms with E-state index in [1.54, 1.807) is 24.3 Å². The Bertz CT molecular complexity index is 1070. The van der Waals surface area contributed by atoms with E-state index in [1.165, 1.54) is 0 Å². The van der Waals surface area contributed by atoms with E-state index < -0.39 is 0 Å². The number of carbonyl (C=O) groups excluding carboxylic acids is 1. The Morgan fingerprint density at radius 3 is 2.25 bits per heavy atom. The highest BCUT2D eigenvalue weighted by molar-refractivity contribution is 9.10. The second kappa shape index (κ2) is 11.5. The van der Waals surface area contributed by atoms with Gasteiger partial charge in [-0.3, -0.25) is 4.79 Å². The van der Waals surface area contributed by atoms with Crippen LogP contribution in [-0.4, -0.2) is 19.1 Å². The Balaban J connectivity index is 1.67. The molecular formula is C24H23BrCl2N2O3. The molecule has 0 aromatic heterocycles. The summed E-state index contributed by atoms with van der Waals surface area (Å²) in [6.07, 6.45) is 0. The second-order valence-electron chi connectivity index (χ2n) is 7.04. The lowest BCUT2D eigenvalue weighted by Crippen LogP contribution is -2.20. The molecule has 3 aromatic carbocycles. The molecule has 0 heterocycles. The number of nitrogens with one attached hydrogen (secondary N) is 2. The number of hydrogen-bond donors (Lipinski definition) is 2. The lowest BCUT2D eigenvalue weighted by atomic mass is 10.2. The lowest BCUT2D eigenvalue weighted by molar-refractivity contribution is -0.118. The zero-order valence-corrected chi connectivity index (χ0v) is 20.8. The largest absolute Gasteiger partial charge is 0.490 e. The van der Waals surface area contributed by atoms with Crippen molar-refractivity contribution in [2.75, 3.05) is 23.8 Å². The quantitative estimate of drug-likeness (QED) is 0.306. The summed E-state index contributed by atoms with van der Waals surface area (Å²) in [6, 6.07) is 16.5. The molecule has 2 N–H and O–H groups in total. The van der Waals surface area contributed by atoms with E-state index in [4.69, 9.17) is 32.7 Å². The summed E-state index contributed by atoms with van der Waals surface area (Å²) in [5.41, 5.74) is 3.60. The van der Waals surface area contributed by atoms with Crippen LogP contribution in [0, 0.1) is 6.92 Å². The Morgan fingerprint density at radius 1 is 0.938 bits per heavy atom. The van der Waals surface area contributed by atoms with E-state index in [2.05, 4.69) is 26.6 Å². The lowest BCUT2D eigenvalue weighted by Gasteiger charge is -2.16. The van der Waals surface area contributed by atoms with Crippen LogP contribution in [0.2, 0.25) is 10.0 Å². The summed E-state index contributed by atoms with van der Waals surface area (Å²) < 4.78 is 12.3. The number of hydrogen-bond acceptors (Lipinski definition) is 4. The van der Waals surface area contributed by atoms with Crippen molar-refractivity contribution in [1.82, 2.24) is 0 Å². The Kier molecular flexibility index (Phi) is 8.67. The minimum absolute atomic E-state index is 0.140. The van der Waals surface area contributed by atoms with Crippen molar-refractivity contribution < 1.29 is 14.3 Å². The van der Waals surface area contributed by atoms with Gasteiger partial charge < -0.3 is 20.1 Å². The maximum Gasteiger partial charge on any atom is 0.262 e. The van der Waals surface area contributed by atoms with Gasteiger partial charge in [-0.05, 0) is 61.9 Å². The van der Waals surface area contributed by atoms with Crippen LogP contribution >= 0.6 is 39.1 Å². The third-order valence-corrected chi connectivity index (χ3v) is 5.63. The van der Waals surface area contributed by atoms with Gasteiger partial charge in [-0.25, -0.2) is 0 Å². The van der Waals surface area contributed by atoms with Crippen molar-refractivity contribution in [2.24, 2.45) is 0 Å². The Hall–Kier alpha value is -2.41.